The highest BCUT2D eigenvalue weighted by molar-refractivity contribution is 7.91. The van der Waals surface area contributed by atoms with Crippen LogP contribution in [-0.4, -0.2) is 18.0 Å². The average Bonchev–Trinajstić information content (AvgIpc) is 3.11. The van der Waals surface area contributed by atoms with Crippen LogP contribution in [0.15, 0.2) is 70.9 Å². The van der Waals surface area contributed by atoms with E-state index in [4.69, 9.17) is 0 Å². The van der Waals surface area contributed by atoms with Gasteiger partial charge in [0.05, 0.1) is 16.3 Å². The SMILES string of the molecule is Cc1cc(C)c(S(=O)(=O)c2ccc(CN3C=CCn4ccnc43)cc2)c(C)c1. The normalized spacial score (nSPS) is 13.6. The van der Waals surface area contributed by atoms with Crippen LogP contribution in [0.1, 0.15) is 22.3 Å². The number of anilines is 1. The second-order valence-electron chi connectivity index (χ2n) is 7.27. The zero-order valence-corrected chi connectivity index (χ0v) is 17.1. The Hall–Kier alpha value is -2.86. The maximum absolute atomic E-state index is 13.2. The minimum absolute atomic E-state index is 0.321. The molecule has 0 spiro atoms. The molecule has 0 aliphatic carbocycles. The molecule has 5 nitrogen and oxygen atoms in total. The van der Waals surface area contributed by atoms with E-state index in [0.29, 0.717) is 16.3 Å². The summed E-state index contributed by atoms with van der Waals surface area (Å²) in [4.78, 5) is 7.19. The lowest BCUT2D eigenvalue weighted by atomic mass is 10.1. The summed E-state index contributed by atoms with van der Waals surface area (Å²) < 4.78 is 28.4. The predicted molar refractivity (Wildman–Crippen MR) is 110 cm³/mol. The number of aromatic nitrogens is 2. The van der Waals surface area contributed by atoms with Crippen molar-refractivity contribution in [2.24, 2.45) is 0 Å². The van der Waals surface area contributed by atoms with Crippen LogP contribution in [0.2, 0.25) is 0 Å². The maximum atomic E-state index is 13.2. The van der Waals surface area contributed by atoms with Crippen LogP contribution in [0, 0.1) is 20.8 Å². The van der Waals surface area contributed by atoms with E-state index in [1.165, 1.54) is 0 Å². The van der Waals surface area contributed by atoms with Crippen molar-refractivity contribution in [2.75, 3.05) is 4.90 Å². The molecule has 1 aromatic heterocycles. The van der Waals surface area contributed by atoms with E-state index in [-0.39, 0.29) is 0 Å². The van der Waals surface area contributed by atoms with Crippen LogP contribution < -0.4 is 4.90 Å². The van der Waals surface area contributed by atoms with Gasteiger partial charge in [-0.05, 0) is 55.7 Å². The molecule has 6 heteroatoms. The maximum Gasteiger partial charge on any atom is 0.210 e. The molecule has 0 unspecified atom stereocenters. The van der Waals surface area contributed by atoms with Gasteiger partial charge in [0.25, 0.3) is 0 Å². The summed E-state index contributed by atoms with van der Waals surface area (Å²) in [7, 11) is -3.55. The van der Waals surface area contributed by atoms with Crippen LogP contribution in [0.5, 0.6) is 0 Å². The average molecular weight is 394 g/mol. The van der Waals surface area contributed by atoms with E-state index in [1.54, 1.807) is 18.3 Å². The zero-order valence-electron chi connectivity index (χ0n) is 16.3. The van der Waals surface area contributed by atoms with Gasteiger partial charge in [0, 0.05) is 25.1 Å². The topological polar surface area (TPSA) is 55.2 Å². The molecule has 1 aliphatic heterocycles. The molecule has 0 amide bonds. The van der Waals surface area contributed by atoms with Gasteiger partial charge in [0.2, 0.25) is 15.8 Å². The van der Waals surface area contributed by atoms with Crippen LogP contribution in [0.4, 0.5) is 5.95 Å². The minimum atomic E-state index is -3.55. The number of hydrogen-bond donors (Lipinski definition) is 0. The molecular formula is C22H23N3O2S. The number of nitrogens with zero attached hydrogens (tertiary/aromatic N) is 3. The number of sulfone groups is 1. The van der Waals surface area contributed by atoms with Crippen molar-refractivity contribution in [1.29, 1.82) is 0 Å². The number of benzene rings is 2. The smallest absolute Gasteiger partial charge is 0.210 e. The predicted octanol–water partition coefficient (Wildman–Crippen LogP) is 4.18. The number of hydrogen-bond acceptors (Lipinski definition) is 4. The highest BCUT2D eigenvalue weighted by Gasteiger charge is 2.22. The third kappa shape index (κ3) is 3.24. The Bertz CT molecular complexity index is 1140. The Morgan fingerprint density at radius 3 is 2.39 bits per heavy atom. The second-order valence-corrected chi connectivity index (χ2v) is 9.15. The van der Waals surface area contributed by atoms with Crippen LogP contribution in [-0.2, 0) is 22.9 Å². The van der Waals surface area contributed by atoms with Gasteiger partial charge in [-0.15, -0.1) is 0 Å². The fourth-order valence-corrected chi connectivity index (χ4v) is 5.56. The fourth-order valence-electron chi connectivity index (χ4n) is 3.86. The van der Waals surface area contributed by atoms with Gasteiger partial charge in [-0.1, -0.05) is 29.8 Å². The summed E-state index contributed by atoms with van der Waals surface area (Å²) in [5.41, 5.74) is 3.66. The second kappa shape index (κ2) is 6.95. The van der Waals surface area contributed by atoms with Gasteiger partial charge in [-0.2, -0.15) is 0 Å². The first-order chi connectivity index (χ1) is 13.4. The number of rotatable bonds is 4. The molecule has 2 heterocycles. The number of imidazole rings is 1. The van der Waals surface area contributed by atoms with Crippen molar-refractivity contribution in [3.05, 3.63) is 83.3 Å². The summed E-state index contributed by atoms with van der Waals surface area (Å²) in [6.07, 6.45) is 7.84. The molecule has 2 aromatic carbocycles. The lowest BCUT2D eigenvalue weighted by Gasteiger charge is -2.24. The van der Waals surface area contributed by atoms with Crippen molar-refractivity contribution in [3.63, 3.8) is 0 Å². The van der Waals surface area contributed by atoms with Gasteiger partial charge >= 0.3 is 0 Å². The first-order valence-corrected chi connectivity index (χ1v) is 10.7. The first kappa shape index (κ1) is 18.5. The summed E-state index contributed by atoms with van der Waals surface area (Å²) >= 11 is 0. The largest absolute Gasteiger partial charge is 0.314 e. The van der Waals surface area contributed by atoms with Crippen molar-refractivity contribution in [3.8, 4) is 0 Å². The van der Waals surface area contributed by atoms with E-state index in [1.807, 2.05) is 57.4 Å². The molecule has 28 heavy (non-hydrogen) atoms. The summed E-state index contributed by atoms with van der Waals surface area (Å²) in [6, 6.07) is 11.0. The van der Waals surface area contributed by atoms with E-state index in [2.05, 4.69) is 20.5 Å². The summed E-state index contributed by atoms with van der Waals surface area (Å²) in [5, 5.41) is 0. The molecule has 0 atom stereocenters. The van der Waals surface area contributed by atoms with Gasteiger partial charge < -0.3 is 9.47 Å². The number of allylic oxidation sites excluding steroid dienone is 1. The molecule has 0 saturated carbocycles. The minimum Gasteiger partial charge on any atom is -0.314 e. The van der Waals surface area contributed by atoms with E-state index in [0.717, 1.165) is 34.7 Å². The molecular weight excluding hydrogens is 370 g/mol. The summed E-state index contributed by atoms with van der Waals surface area (Å²) in [6.45, 7) is 7.14. The van der Waals surface area contributed by atoms with Crippen molar-refractivity contribution in [1.82, 2.24) is 9.55 Å². The van der Waals surface area contributed by atoms with Crippen LogP contribution in [0.3, 0.4) is 0 Å². The molecule has 3 aromatic rings. The highest BCUT2D eigenvalue weighted by atomic mass is 32.2. The first-order valence-electron chi connectivity index (χ1n) is 9.22. The van der Waals surface area contributed by atoms with Gasteiger partial charge in [-0.25, -0.2) is 13.4 Å². The molecule has 0 radical (unpaired) electrons. The Morgan fingerprint density at radius 2 is 1.71 bits per heavy atom. The number of aryl methyl sites for hydroxylation is 3. The van der Waals surface area contributed by atoms with E-state index >= 15 is 0 Å². The van der Waals surface area contributed by atoms with Gasteiger partial charge in [0.15, 0.2) is 0 Å². The van der Waals surface area contributed by atoms with E-state index < -0.39 is 9.84 Å². The Kier molecular flexibility index (Phi) is 4.59. The molecule has 0 N–H and O–H groups in total. The van der Waals surface area contributed by atoms with E-state index in [9.17, 15) is 8.42 Å². The quantitative estimate of drug-likeness (QED) is 0.667. The van der Waals surface area contributed by atoms with Crippen molar-refractivity contribution < 1.29 is 8.42 Å². The van der Waals surface area contributed by atoms with Crippen molar-refractivity contribution >= 4 is 15.8 Å². The van der Waals surface area contributed by atoms with Gasteiger partial charge in [0.1, 0.15) is 0 Å². The monoisotopic (exact) mass is 393 g/mol. The molecule has 4 rings (SSSR count). The highest BCUT2D eigenvalue weighted by Crippen LogP contribution is 2.28. The fraction of sp³-hybridized carbons (Fsp3) is 0.227. The third-order valence-corrected chi connectivity index (χ3v) is 7.07. The zero-order chi connectivity index (χ0) is 19.9. The van der Waals surface area contributed by atoms with Crippen LogP contribution in [0.25, 0.3) is 0 Å². The Balaban J connectivity index is 1.62. The lowest BCUT2D eigenvalue weighted by molar-refractivity contribution is 0.595. The molecule has 0 fully saturated rings. The van der Waals surface area contributed by atoms with Crippen LogP contribution >= 0.6 is 0 Å². The lowest BCUT2D eigenvalue weighted by Crippen LogP contribution is -2.22. The van der Waals surface area contributed by atoms with Gasteiger partial charge in [-0.3, -0.25) is 0 Å². The molecule has 0 bridgehead atoms. The standard InChI is InChI=1S/C22H23N3O2S/c1-16-13-17(2)21(18(3)14-16)28(26,27)20-7-5-19(6-8-20)15-25-11-4-10-24-12-9-23-22(24)25/h4-9,11-14H,10,15H2,1-3H3. The third-order valence-electron chi connectivity index (χ3n) is 5.00. The molecule has 1 aliphatic rings. The Morgan fingerprint density at radius 1 is 1.04 bits per heavy atom. The molecule has 144 valence electrons. The van der Waals surface area contributed by atoms with Crippen molar-refractivity contribution in [2.45, 2.75) is 43.7 Å². The molecule has 0 saturated heterocycles. The number of fused-ring (bicyclic) bond motifs is 1. The Labute approximate surface area is 165 Å². The summed E-state index contributed by atoms with van der Waals surface area (Å²) in [5.74, 6) is 0.894.